The van der Waals surface area contributed by atoms with Gasteiger partial charge >= 0.3 is 5.97 Å². The van der Waals surface area contributed by atoms with E-state index in [1.807, 2.05) is 13.8 Å². The molecule has 0 aromatic carbocycles. The molecule has 0 bridgehead atoms. The van der Waals surface area contributed by atoms with Gasteiger partial charge in [0.25, 0.3) is 0 Å². The monoisotopic (exact) mass is 1220 g/mol. The molecule has 25 nitrogen and oxygen atoms in total. The van der Waals surface area contributed by atoms with E-state index in [1.165, 1.54) is 13.8 Å². The van der Waals surface area contributed by atoms with Crippen LogP contribution in [0.1, 0.15) is 120 Å². The molecule has 5 heterocycles. The molecule has 0 aromatic rings. The molecule has 35 atom stereocenters. The molecule has 5 aliphatic carbocycles. The van der Waals surface area contributed by atoms with Crippen LogP contribution in [0.25, 0.3) is 0 Å². The Morgan fingerprint density at radius 1 is 0.553 bits per heavy atom. The first-order valence-electron chi connectivity index (χ1n) is 31.0. The molecule has 10 aliphatic rings. The van der Waals surface area contributed by atoms with Gasteiger partial charge in [0.05, 0.1) is 62.4 Å². The third-order valence-electron chi connectivity index (χ3n) is 24.0. The van der Waals surface area contributed by atoms with E-state index in [4.69, 9.17) is 47.4 Å². The Balaban J connectivity index is 0.820. The highest BCUT2D eigenvalue weighted by atomic mass is 16.8. The number of fused-ring (bicyclic) bond motifs is 7. The molecule has 0 spiro atoms. The SMILES string of the molecule is C=C(C)[C@@H]1CC[C@]2(C(=O)O[C@@H]3O[C@H](CO[C@@H]4O[C@H](CO)[C@@H](O[C@@H]5O[C@@H](C)[C@H](O)[C@@H](O)[C@H]5O)[C@H](O)[C@H]4O)[C@@H](C)[C@H](O)[C@H]3O)CC[C@]3(C)[C@H](CC[C@@H]4[C@@]5(C)CC[C@H](O[C@@H]6OC[C@H](O)[C@H](O)[C@H]6O[C@@H]6O[C@@H](C)[C@H](O)[C@@H](O)[C@H]6O)[C@@](C)(CO)[C@@H]5CC[C@]43C)[C@H]12. The molecule has 0 unspecified atom stereocenters. The lowest BCUT2D eigenvalue weighted by Crippen LogP contribution is -2.68. The lowest BCUT2D eigenvalue weighted by Gasteiger charge is -2.73. The molecule has 5 aliphatic heterocycles. The fraction of sp³-hybridized carbons (Fsp3) is 0.950. The molecule has 25 heteroatoms. The molecular formula is C60H98O25. The summed E-state index contributed by atoms with van der Waals surface area (Å²) in [6.07, 6.45) is -27.6. The van der Waals surface area contributed by atoms with E-state index in [0.29, 0.717) is 32.1 Å². The second kappa shape index (κ2) is 24.7. The third-order valence-corrected chi connectivity index (χ3v) is 24.0. The molecule has 85 heavy (non-hydrogen) atoms. The van der Waals surface area contributed by atoms with Crippen molar-refractivity contribution in [2.75, 3.05) is 26.4 Å². The Kier molecular flexibility index (Phi) is 19.3. The summed E-state index contributed by atoms with van der Waals surface area (Å²) in [5.74, 6) is -1.32. The van der Waals surface area contributed by atoms with Crippen LogP contribution in [0.4, 0.5) is 0 Å². The van der Waals surface area contributed by atoms with Crippen molar-refractivity contribution in [3.05, 3.63) is 12.2 Å². The number of carbonyl (C=O) groups is 1. The summed E-state index contributed by atoms with van der Waals surface area (Å²) in [4.78, 5) is 15.3. The normalized spacial score (nSPS) is 56.3. The van der Waals surface area contributed by atoms with Gasteiger partial charge in [0.2, 0.25) is 6.29 Å². The Morgan fingerprint density at radius 3 is 1.76 bits per heavy atom. The van der Waals surface area contributed by atoms with Gasteiger partial charge in [-0.1, -0.05) is 46.8 Å². The van der Waals surface area contributed by atoms with Crippen LogP contribution in [-0.4, -0.2) is 251 Å². The quantitative estimate of drug-likeness (QED) is 0.0539. The van der Waals surface area contributed by atoms with Gasteiger partial charge in [-0.3, -0.25) is 4.79 Å². The number of rotatable bonds is 14. The van der Waals surface area contributed by atoms with E-state index in [-0.39, 0.29) is 59.0 Å². The zero-order valence-electron chi connectivity index (χ0n) is 50.2. The van der Waals surface area contributed by atoms with Crippen molar-refractivity contribution < 1.29 is 124 Å². The molecule has 0 aromatic heterocycles. The lowest BCUT2D eigenvalue weighted by molar-refractivity contribution is -0.366. The summed E-state index contributed by atoms with van der Waals surface area (Å²) < 4.78 is 60.2. The third kappa shape index (κ3) is 10.9. The topological polar surface area (TPSA) is 393 Å². The number of aliphatic hydroxyl groups is 14. The van der Waals surface area contributed by atoms with E-state index in [1.54, 1.807) is 6.92 Å². The molecule has 5 saturated heterocycles. The van der Waals surface area contributed by atoms with Gasteiger partial charge in [0, 0.05) is 11.3 Å². The minimum absolute atomic E-state index is 0.0192. The molecular weight excluding hydrogens is 1120 g/mol. The molecule has 10 rings (SSSR count). The minimum atomic E-state index is -1.81. The van der Waals surface area contributed by atoms with Gasteiger partial charge in [-0.15, -0.1) is 0 Å². The van der Waals surface area contributed by atoms with Crippen molar-refractivity contribution >= 4 is 5.97 Å². The number of hydrogen-bond donors (Lipinski definition) is 14. The molecule has 0 amide bonds. The average Bonchev–Trinajstić information content (AvgIpc) is 1.62. The first-order chi connectivity index (χ1) is 39.9. The Labute approximate surface area is 496 Å². The number of aliphatic hydroxyl groups excluding tert-OH is 14. The summed E-state index contributed by atoms with van der Waals surface area (Å²) in [7, 11) is 0. The predicted octanol–water partition coefficient (Wildman–Crippen LogP) is -1.41. The van der Waals surface area contributed by atoms with E-state index in [9.17, 15) is 71.5 Å². The Bertz CT molecular complexity index is 2340. The summed E-state index contributed by atoms with van der Waals surface area (Å²) in [6.45, 7) is 18.6. The first kappa shape index (κ1) is 66.2. The number of hydrogen-bond acceptors (Lipinski definition) is 25. The maximum atomic E-state index is 15.3. The highest BCUT2D eigenvalue weighted by molar-refractivity contribution is 5.78. The van der Waals surface area contributed by atoms with E-state index in [0.717, 1.165) is 37.7 Å². The summed E-state index contributed by atoms with van der Waals surface area (Å²) in [5, 5.41) is 152. The zero-order chi connectivity index (χ0) is 61.9. The molecule has 14 N–H and O–H groups in total. The average molecular weight is 1220 g/mol. The maximum absolute atomic E-state index is 15.3. The Hall–Kier alpha value is -1.71. The number of carbonyl (C=O) groups excluding carboxylic acids is 1. The van der Waals surface area contributed by atoms with Crippen molar-refractivity contribution in [3.8, 4) is 0 Å². The largest absolute Gasteiger partial charge is 0.432 e. The van der Waals surface area contributed by atoms with Crippen molar-refractivity contribution in [3.63, 3.8) is 0 Å². The zero-order valence-corrected chi connectivity index (χ0v) is 50.2. The fourth-order valence-corrected chi connectivity index (χ4v) is 18.6. The van der Waals surface area contributed by atoms with Gasteiger partial charge in [-0.25, -0.2) is 0 Å². The summed E-state index contributed by atoms with van der Waals surface area (Å²) >= 11 is 0. The van der Waals surface area contributed by atoms with E-state index in [2.05, 4.69) is 27.4 Å². The minimum Gasteiger partial charge on any atom is -0.432 e. The second-order valence-corrected chi connectivity index (χ2v) is 28.3. The van der Waals surface area contributed by atoms with Gasteiger partial charge in [0.1, 0.15) is 85.5 Å². The van der Waals surface area contributed by atoms with Crippen molar-refractivity contribution in [1.82, 2.24) is 0 Å². The van der Waals surface area contributed by atoms with E-state index < -0.39 is 183 Å². The van der Waals surface area contributed by atoms with Crippen LogP contribution < -0.4 is 0 Å². The number of allylic oxidation sites excluding steroid dienone is 1. The van der Waals surface area contributed by atoms with Gasteiger partial charge in [0.15, 0.2) is 25.2 Å². The molecule has 488 valence electrons. The molecule has 0 radical (unpaired) electrons. The van der Waals surface area contributed by atoms with Crippen LogP contribution in [0, 0.1) is 62.6 Å². The van der Waals surface area contributed by atoms with Crippen LogP contribution in [0.2, 0.25) is 0 Å². The highest BCUT2D eigenvalue weighted by Gasteiger charge is 2.73. The van der Waals surface area contributed by atoms with Crippen molar-refractivity contribution in [2.24, 2.45) is 62.6 Å². The van der Waals surface area contributed by atoms with Crippen LogP contribution in [0.3, 0.4) is 0 Å². The molecule has 5 saturated carbocycles. The summed E-state index contributed by atoms with van der Waals surface area (Å²) in [6, 6.07) is 0. The van der Waals surface area contributed by atoms with Crippen molar-refractivity contribution in [1.29, 1.82) is 0 Å². The number of esters is 1. The highest BCUT2D eigenvalue weighted by Crippen LogP contribution is 2.78. The van der Waals surface area contributed by atoms with Crippen molar-refractivity contribution in [2.45, 2.75) is 267 Å². The second-order valence-electron chi connectivity index (χ2n) is 28.3. The van der Waals surface area contributed by atoms with Crippen LogP contribution in [0.5, 0.6) is 0 Å². The standard InChI is InChI=1S/C60H98O25/c1-24(2)28-12-17-60(55(75)85-53-44(71)37(64)25(3)32(81-53)22-77-50-47(74)43(70)48(31(20-61)80-50)83-51-45(72)41(68)38(65)26(4)78-51)19-18-58(8)29(36(28)60)10-11-34-56(6)15-14-35(57(7,23-62)33(56)13-16-59(34,58)9)82-54-49(40(67)30(63)21-76-54)84-52-46(73)42(69)39(66)27(5)79-52/h25-54,61-74H,1,10-23H2,2-9H3/t25-,26+,27+,28+,29-,30+,31-,32-,33-,34-,35+,36+,37+,38+,39+,40+,41-,42-,43-,44-,45-,46-,47-,48-,49-,50-,51+,52+,53+,54+,56+,57+,58-,59-,60+/m1/s1. The first-order valence-corrected chi connectivity index (χ1v) is 31.0. The number of ether oxygens (including phenoxy) is 10. The van der Waals surface area contributed by atoms with Crippen LogP contribution >= 0.6 is 0 Å². The van der Waals surface area contributed by atoms with Crippen LogP contribution in [0.15, 0.2) is 12.2 Å². The van der Waals surface area contributed by atoms with Crippen LogP contribution in [-0.2, 0) is 52.2 Å². The fourth-order valence-electron chi connectivity index (χ4n) is 18.6. The van der Waals surface area contributed by atoms with E-state index >= 15 is 4.79 Å². The summed E-state index contributed by atoms with van der Waals surface area (Å²) in [5.41, 5.74) is -1.60. The maximum Gasteiger partial charge on any atom is 0.314 e. The Morgan fingerprint density at radius 2 is 1.15 bits per heavy atom. The predicted molar refractivity (Wildman–Crippen MR) is 291 cm³/mol. The molecule has 10 fully saturated rings. The lowest BCUT2D eigenvalue weighted by atomic mass is 9.32. The van der Waals surface area contributed by atoms with Gasteiger partial charge in [-0.2, -0.15) is 0 Å². The van der Waals surface area contributed by atoms with Gasteiger partial charge < -0.3 is 119 Å². The van der Waals surface area contributed by atoms with Gasteiger partial charge in [-0.05, 0) is 131 Å². The smallest absolute Gasteiger partial charge is 0.314 e.